The fraction of sp³-hybridized carbons (Fsp3) is 0.875. The van der Waals surface area contributed by atoms with Crippen LogP contribution in [0.2, 0.25) is 0 Å². The second-order valence-corrected chi connectivity index (χ2v) is 1.98. The van der Waals surface area contributed by atoms with Crippen LogP contribution in [-0.2, 0) is 4.79 Å². The van der Waals surface area contributed by atoms with Crippen molar-refractivity contribution in [1.82, 2.24) is 0 Å². The zero-order valence-electron chi connectivity index (χ0n) is 6.97. The Morgan fingerprint density at radius 1 is 1.30 bits per heavy atom. The lowest BCUT2D eigenvalue weighted by molar-refractivity contribution is -0.107. The van der Waals surface area contributed by atoms with Gasteiger partial charge >= 0.3 is 0 Å². The largest absolute Gasteiger partial charge is 0.397 e. The number of carbonyl (C=O) groups is 1. The van der Waals surface area contributed by atoms with Crippen molar-refractivity contribution in [3.8, 4) is 0 Å². The molecule has 1 N–H and O–H groups in total. The normalized spacial score (nSPS) is 7.90. The average molecular weight is 146 g/mol. The molecule has 0 aromatic carbocycles. The highest BCUT2D eigenvalue weighted by Gasteiger charge is 1.80. The Kier molecular flexibility index (Phi) is 19.5. The molecule has 2 nitrogen and oxygen atoms in total. The molecule has 0 radical (unpaired) electrons. The molecule has 10 heavy (non-hydrogen) atoms. The highest BCUT2D eigenvalue weighted by Crippen LogP contribution is 1.94. The third kappa shape index (κ3) is 25.5. The molecule has 0 fully saturated rings. The van der Waals surface area contributed by atoms with Gasteiger partial charge < -0.3 is 9.90 Å². The summed E-state index contributed by atoms with van der Waals surface area (Å²) in [5, 5.41) is 7.57. The van der Waals surface area contributed by atoms with E-state index in [4.69, 9.17) is 5.11 Å². The van der Waals surface area contributed by atoms with E-state index in [1.165, 1.54) is 12.8 Å². The Morgan fingerprint density at radius 3 is 2.10 bits per heavy atom. The van der Waals surface area contributed by atoms with Crippen LogP contribution in [-0.4, -0.2) is 18.0 Å². The zero-order valence-corrected chi connectivity index (χ0v) is 6.97. The number of hydrogen-bond acceptors (Lipinski definition) is 2. The first-order chi connectivity index (χ1) is 4.83. The summed E-state index contributed by atoms with van der Waals surface area (Å²) in [5.41, 5.74) is 0. The van der Waals surface area contributed by atoms with E-state index < -0.39 is 0 Å². The topological polar surface area (TPSA) is 37.3 Å². The Labute approximate surface area is 63.3 Å². The highest BCUT2D eigenvalue weighted by molar-refractivity contribution is 5.48. The van der Waals surface area contributed by atoms with Gasteiger partial charge in [-0.3, -0.25) is 0 Å². The molecule has 0 aliphatic heterocycles. The molecule has 0 aromatic rings. The minimum Gasteiger partial charge on any atom is -0.397 e. The Bertz CT molecular complexity index is 53.2. The standard InChI is InChI=1S/C6H12O.C2H6O/c1-2-3-4-5-6-7;1-2-3/h6H,2-5H2,1H3;3H,2H2,1H3. The van der Waals surface area contributed by atoms with Gasteiger partial charge in [0.25, 0.3) is 0 Å². The Hall–Kier alpha value is -0.370. The maximum Gasteiger partial charge on any atom is 0.119 e. The summed E-state index contributed by atoms with van der Waals surface area (Å²) in [4.78, 5) is 9.68. The van der Waals surface area contributed by atoms with Crippen molar-refractivity contribution < 1.29 is 9.90 Å². The quantitative estimate of drug-likeness (QED) is 0.484. The zero-order chi connectivity index (χ0) is 8.24. The molecule has 0 unspecified atom stereocenters. The van der Waals surface area contributed by atoms with Crippen molar-refractivity contribution in [1.29, 1.82) is 0 Å². The third-order valence-electron chi connectivity index (χ3n) is 0.926. The van der Waals surface area contributed by atoms with Gasteiger partial charge in [0.2, 0.25) is 0 Å². The van der Waals surface area contributed by atoms with Crippen LogP contribution in [0, 0.1) is 0 Å². The number of hydrogen-bond donors (Lipinski definition) is 1. The van der Waals surface area contributed by atoms with Gasteiger partial charge in [-0.05, 0) is 13.3 Å². The molecule has 0 aliphatic carbocycles. The molecular weight excluding hydrogens is 128 g/mol. The summed E-state index contributed by atoms with van der Waals surface area (Å²) in [6, 6.07) is 0. The molecule has 0 aliphatic rings. The summed E-state index contributed by atoms with van der Waals surface area (Å²) in [6.45, 7) is 4.06. The summed E-state index contributed by atoms with van der Waals surface area (Å²) < 4.78 is 0. The molecule has 0 bridgehead atoms. The van der Waals surface area contributed by atoms with Gasteiger partial charge in [0.15, 0.2) is 0 Å². The summed E-state index contributed by atoms with van der Waals surface area (Å²) >= 11 is 0. The first-order valence-electron chi connectivity index (χ1n) is 3.87. The Morgan fingerprint density at radius 2 is 1.80 bits per heavy atom. The number of rotatable bonds is 4. The van der Waals surface area contributed by atoms with Gasteiger partial charge in [-0.25, -0.2) is 0 Å². The van der Waals surface area contributed by atoms with E-state index in [9.17, 15) is 4.79 Å². The van der Waals surface area contributed by atoms with Crippen molar-refractivity contribution in [2.45, 2.75) is 39.5 Å². The van der Waals surface area contributed by atoms with Gasteiger partial charge in [-0.15, -0.1) is 0 Å². The maximum absolute atomic E-state index is 9.68. The van der Waals surface area contributed by atoms with Crippen molar-refractivity contribution in [3.05, 3.63) is 0 Å². The van der Waals surface area contributed by atoms with Crippen LogP contribution in [0.3, 0.4) is 0 Å². The number of aliphatic hydroxyl groups excluding tert-OH is 1. The van der Waals surface area contributed by atoms with Gasteiger partial charge in [-0.1, -0.05) is 19.8 Å². The van der Waals surface area contributed by atoms with Crippen LogP contribution >= 0.6 is 0 Å². The smallest absolute Gasteiger partial charge is 0.119 e. The lowest BCUT2D eigenvalue weighted by atomic mass is 10.2. The van der Waals surface area contributed by atoms with Crippen LogP contribution in [0.4, 0.5) is 0 Å². The molecular formula is C8H18O2. The molecule has 0 rings (SSSR count). The van der Waals surface area contributed by atoms with E-state index >= 15 is 0 Å². The van der Waals surface area contributed by atoms with E-state index in [0.29, 0.717) is 0 Å². The minimum absolute atomic E-state index is 0.250. The van der Waals surface area contributed by atoms with Crippen molar-refractivity contribution in [2.75, 3.05) is 6.61 Å². The number of aliphatic hydroxyl groups is 1. The fourth-order valence-corrected chi connectivity index (χ4v) is 0.478. The Balaban J connectivity index is 0. The molecule has 0 amide bonds. The van der Waals surface area contributed by atoms with Gasteiger partial charge in [-0.2, -0.15) is 0 Å². The molecule has 0 spiro atoms. The van der Waals surface area contributed by atoms with E-state index in [1.807, 2.05) is 0 Å². The monoisotopic (exact) mass is 146 g/mol. The molecule has 0 saturated heterocycles. The van der Waals surface area contributed by atoms with Gasteiger partial charge in [0, 0.05) is 13.0 Å². The predicted octanol–water partition coefficient (Wildman–Crippen LogP) is 1.76. The van der Waals surface area contributed by atoms with Gasteiger partial charge in [0.05, 0.1) is 0 Å². The molecule has 0 aromatic heterocycles. The van der Waals surface area contributed by atoms with Crippen molar-refractivity contribution in [3.63, 3.8) is 0 Å². The van der Waals surface area contributed by atoms with Crippen LogP contribution in [0.25, 0.3) is 0 Å². The third-order valence-corrected chi connectivity index (χ3v) is 0.926. The second-order valence-electron chi connectivity index (χ2n) is 1.98. The summed E-state index contributed by atoms with van der Waals surface area (Å²) in [5.74, 6) is 0. The van der Waals surface area contributed by atoms with Crippen LogP contribution in [0.1, 0.15) is 39.5 Å². The van der Waals surface area contributed by atoms with Crippen LogP contribution in [0.15, 0.2) is 0 Å². The van der Waals surface area contributed by atoms with E-state index in [-0.39, 0.29) is 6.61 Å². The second kappa shape index (κ2) is 15.9. The fourth-order valence-electron chi connectivity index (χ4n) is 0.478. The first-order valence-corrected chi connectivity index (χ1v) is 3.87. The number of carbonyl (C=O) groups excluding carboxylic acids is 1. The summed E-state index contributed by atoms with van der Waals surface area (Å²) in [7, 11) is 0. The van der Waals surface area contributed by atoms with Crippen LogP contribution in [0.5, 0.6) is 0 Å². The van der Waals surface area contributed by atoms with Crippen molar-refractivity contribution in [2.24, 2.45) is 0 Å². The SMILES string of the molecule is CCCCCC=O.CCO. The van der Waals surface area contributed by atoms with Gasteiger partial charge in [0.1, 0.15) is 6.29 Å². The lowest BCUT2D eigenvalue weighted by Crippen LogP contribution is -1.73. The lowest BCUT2D eigenvalue weighted by Gasteiger charge is -1.85. The minimum atomic E-state index is 0.250. The molecule has 62 valence electrons. The molecule has 2 heteroatoms. The van der Waals surface area contributed by atoms with Crippen molar-refractivity contribution >= 4 is 6.29 Å². The highest BCUT2D eigenvalue weighted by atomic mass is 16.2. The summed E-state index contributed by atoms with van der Waals surface area (Å²) in [6.07, 6.45) is 5.19. The number of aldehydes is 1. The average Bonchev–Trinajstić information content (AvgIpc) is 1.91. The van der Waals surface area contributed by atoms with E-state index in [0.717, 1.165) is 19.1 Å². The number of unbranched alkanes of at least 4 members (excludes halogenated alkanes) is 3. The molecule has 0 atom stereocenters. The van der Waals surface area contributed by atoms with Crippen LogP contribution < -0.4 is 0 Å². The molecule has 0 heterocycles. The maximum atomic E-state index is 9.68. The predicted molar refractivity (Wildman–Crippen MR) is 43.0 cm³/mol. The van der Waals surface area contributed by atoms with E-state index in [1.54, 1.807) is 6.92 Å². The van der Waals surface area contributed by atoms with E-state index in [2.05, 4.69) is 6.92 Å². The molecule has 0 saturated carbocycles. The first kappa shape index (κ1) is 12.3.